The van der Waals surface area contributed by atoms with Gasteiger partial charge in [-0.05, 0) is 12.8 Å². The quantitative estimate of drug-likeness (QED) is 0.802. The summed E-state index contributed by atoms with van der Waals surface area (Å²) in [6, 6.07) is 0. The first-order valence-electron chi connectivity index (χ1n) is 6.68. The zero-order chi connectivity index (χ0) is 12.3. The maximum atomic E-state index is 11.9. The lowest BCUT2D eigenvalue weighted by Crippen LogP contribution is -2.35. The first-order chi connectivity index (χ1) is 8.16. The first-order valence-corrected chi connectivity index (χ1v) is 6.68. The summed E-state index contributed by atoms with van der Waals surface area (Å²) < 4.78 is 0. The van der Waals surface area contributed by atoms with E-state index in [0.29, 0.717) is 18.9 Å². The topological polar surface area (TPSA) is 49.4 Å². The van der Waals surface area contributed by atoms with Crippen LogP contribution in [0.25, 0.3) is 0 Å². The lowest BCUT2D eigenvalue weighted by atomic mass is 9.88. The number of rotatable bonds is 3. The van der Waals surface area contributed by atoms with Crippen LogP contribution in [0.2, 0.25) is 0 Å². The second kappa shape index (κ2) is 5.52. The van der Waals surface area contributed by atoms with E-state index in [4.69, 9.17) is 0 Å². The van der Waals surface area contributed by atoms with Gasteiger partial charge in [0.15, 0.2) is 0 Å². The first kappa shape index (κ1) is 12.4. The third-order valence-corrected chi connectivity index (χ3v) is 3.96. The van der Waals surface area contributed by atoms with Crippen LogP contribution in [-0.2, 0) is 9.59 Å². The van der Waals surface area contributed by atoms with Crippen molar-refractivity contribution in [2.24, 2.45) is 11.8 Å². The average molecular weight is 238 g/mol. The minimum atomic E-state index is 0.196. The van der Waals surface area contributed by atoms with E-state index in [-0.39, 0.29) is 17.7 Å². The number of hydrogen-bond donors (Lipinski definition) is 1. The van der Waals surface area contributed by atoms with Gasteiger partial charge in [-0.2, -0.15) is 0 Å². The van der Waals surface area contributed by atoms with Crippen LogP contribution < -0.4 is 5.32 Å². The molecule has 1 atom stereocenters. The zero-order valence-corrected chi connectivity index (χ0v) is 10.6. The van der Waals surface area contributed by atoms with Gasteiger partial charge >= 0.3 is 0 Å². The molecule has 4 heteroatoms. The van der Waals surface area contributed by atoms with Gasteiger partial charge in [0.1, 0.15) is 0 Å². The third-order valence-electron chi connectivity index (χ3n) is 3.96. The molecule has 2 aliphatic rings. The Morgan fingerprint density at radius 1 is 1.35 bits per heavy atom. The highest BCUT2D eigenvalue weighted by Crippen LogP contribution is 2.24. The molecule has 1 N–H and O–H groups in total. The van der Waals surface area contributed by atoms with E-state index in [9.17, 15) is 9.59 Å². The molecule has 1 saturated carbocycles. The summed E-state index contributed by atoms with van der Waals surface area (Å²) in [5.41, 5.74) is 0. The maximum Gasteiger partial charge on any atom is 0.223 e. The van der Waals surface area contributed by atoms with E-state index in [0.717, 1.165) is 19.4 Å². The van der Waals surface area contributed by atoms with Crippen LogP contribution in [0.4, 0.5) is 0 Å². The average Bonchev–Trinajstić information content (AvgIpc) is 2.67. The Morgan fingerprint density at radius 3 is 2.65 bits per heavy atom. The molecule has 2 rings (SSSR count). The van der Waals surface area contributed by atoms with Crippen molar-refractivity contribution in [3.05, 3.63) is 0 Å². The molecule has 1 aliphatic heterocycles. The summed E-state index contributed by atoms with van der Waals surface area (Å²) in [4.78, 5) is 25.0. The molecule has 96 valence electrons. The smallest absolute Gasteiger partial charge is 0.223 e. The highest BCUT2D eigenvalue weighted by Gasteiger charge is 2.28. The molecule has 0 spiro atoms. The van der Waals surface area contributed by atoms with Crippen LogP contribution in [0.5, 0.6) is 0 Å². The largest absolute Gasteiger partial charge is 0.356 e. The van der Waals surface area contributed by atoms with Gasteiger partial charge in [0.2, 0.25) is 11.8 Å². The summed E-state index contributed by atoms with van der Waals surface area (Å²) in [6.07, 6.45) is 6.29. The van der Waals surface area contributed by atoms with Crippen molar-refractivity contribution >= 4 is 11.8 Å². The predicted octanol–water partition coefficient (Wildman–Crippen LogP) is 1.16. The summed E-state index contributed by atoms with van der Waals surface area (Å²) in [6.45, 7) is 1.44. The second-order valence-electron chi connectivity index (χ2n) is 5.42. The molecular formula is C13H22N2O2. The van der Waals surface area contributed by atoms with Crippen LogP contribution in [0, 0.1) is 11.8 Å². The molecule has 0 aromatic heterocycles. The van der Waals surface area contributed by atoms with Crippen molar-refractivity contribution < 1.29 is 9.59 Å². The normalized spacial score (nSPS) is 26.3. The van der Waals surface area contributed by atoms with Crippen molar-refractivity contribution in [1.29, 1.82) is 0 Å². The van der Waals surface area contributed by atoms with E-state index >= 15 is 0 Å². The summed E-state index contributed by atoms with van der Waals surface area (Å²) in [5, 5.41) is 3.02. The minimum absolute atomic E-state index is 0.196. The fraction of sp³-hybridized carbons (Fsp3) is 0.846. The number of carbonyl (C=O) groups excluding carboxylic acids is 2. The van der Waals surface area contributed by atoms with Gasteiger partial charge in [0.05, 0.1) is 0 Å². The van der Waals surface area contributed by atoms with Crippen LogP contribution in [0.3, 0.4) is 0 Å². The van der Waals surface area contributed by atoms with Gasteiger partial charge in [-0.15, -0.1) is 0 Å². The summed E-state index contributed by atoms with van der Waals surface area (Å²) >= 11 is 0. The number of amides is 2. The van der Waals surface area contributed by atoms with Crippen molar-refractivity contribution in [3.8, 4) is 0 Å². The van der Waals surface area contributed by atoms with Crippen LogP contribution >= 0.6 is 0 Å². The molecule has 1 saturated heterocycles. The van der Waals surface area contributed by atoms with E-state index in [1.165, 1.54) is 19.3 Å². The minimum Gasteiger partial charge on any atom is -0.356 e. The van der Waals surface area contributed by atoms with Crippen molar-refractivity contribution in [3.63, 3.8) is 0 Å². The SMILES string of the molecule is CN1CC(CNC(=O)C2CCCCC2)CC1=O. The molecule has 17 heavy (non-hydrogen) atoms. The van der Waals surface area contributed by atoms with Gasteiger partial charge in [-0.25, -0.2) is 0 Å². The fourth-order valence-corrected chi connectivity index (χ4v) is 2.85. The van der Waals surface area contributed by atoms with E-state index in [2.05, 4.69) is 5.32 Å². The molecule has 4 nitrogen and oxygen atoms in total. The van der Waals surface area contributed by atoms with Crippen molar-refractivity contribution in [1.82, 2.24) is 10.2 Å². The predicted molar refractivity (Wildman–Crippen MR) is 65.3 cm³/mol. The second-order valence-corrected chi connectivity index (χ2v) is 5.42. The Labute approximate surface area is 103 Å². The van der Waals surface area contributed by atoms with Crippen LogP contribution in [-0.4, -0.2) is 36.9 Å². The van der Waals surface area contributed by atoms with Gasteiger partial charge in [0.25, 0.3) is 0 Å². The molecule has 0 aromatic rings. The Hall–Kier alpha value is -1.06. The molecule has 2 amide bonds. The number of nitrogens with zero attached hydrogens (tertiary/aromatic N) is 1. The van der Waals surface area contributed by atoms with Gasteiger partial charge in [-0.3, -0.25) is 9.59 Å². The van der Waals surface area contributed by atoms with Gasteiger partial charge in [-0.1, -0.05) is 19.3 Å². The van der Waals surface area contributed by atoms with E-state index < -0.39 is 0 Å². The zero-order valence-electron chi connectivity index (χ0n) is 10.6. The Balaban J connectivity index is 1.71. The highest BCUT2D eigenvalue weighted by atomic mass is 16.2. The van der Waals surface area contributed by atoms with Gasteiger partial charge < -0.3 is 10.2 Å². The van der Waals surface area contributed by atoms with Crippen LogP contribution in [0.15, 0.2) is 0 Å². The van der Waals surface area contributed by atoms with Crippen molar-refractivity contribution in [2.75, 3.05) is 20.1 Å². The summed E-state index contributed by atoms with van der Waals surface area (Å²) in [7, 11) is 1.82. The molecular weight excluding hydrogens is 216 g/mol. The Kier molecular flexibility index (Phi) is 4.02. The molecule has 1 heterocycles. The van der Waals surface area contributed by atoms with Gasteiger partial charge in [0, 0.05) is 38.4 Å². The Morgan fingerprint density at radius 2 is 2.06 bits per heavy atom. The Bertz CT molecular complexity index is 298. The summed E-state index contributed by atoms with van der Waals surface area (Å²) in [5.74, 6) is 0.923. The van der Waals surface area contributed by atoms with E-state index in [1.807, 2.05) is 7.05 Å². The fourth-order valence-electron chi connectivity index (χ4n) is 2.85. The molecule has 0 aromatic carbocycles. The number of carbonyl (C=O) groups is 2. The monoisotopic (exact) mass is 238 g/mol. The van der Waals surface area contributed by atoms with E-state index in [1.54, 1.807) is 4.90 Å². The lowest BCUT2D eigenvalue weighted by molar-refractivity contribution is -0.127. The number of likely N-dealkylation sites (tertiary alicyclic amines) is 1. The molecule has 0 radical (unpaired) electrons. The lowest BCUT2D eigenvalue weighted by Gasteiger charge is -2.21. The molecule has 1 aliphatic carbocycles. The van der Waals surface area contributed by atoms with Crippen molar-refractivity contribution in [2.45, 2.75) is 38.5 Å². The molecule has 0 bridgehead atoms. The van der Waals surface area contributed by atoms with Crippen LogP contribution in [0.1, 0.15) is 38.5 Å². The third kappa shape index (κ3) is 3.20. The number of hydrogen-bond acceptors (Lipinski definition) is 2. The standard InChI is InChI=1S/C13H22N2O2/c1-15-9-10(7-12(15)16)8-14-13(17)11-5-3-2-4-6-11/h10-11H,2-9H2,1H3,(H,14,17). The maximum absolute atomic E-state index is 11.9. The highest BCUT2D eigenvalue weighted by molar-refractivity contribution is 5.80. The number of nitrogens with one attached hydrogen (secondary N) is 1. The molecule has 1 unspecified atom stereocenters. The molecule has 2 fully saturated rings.